The maximum Gasteiger partial charge on any atom is 0.318 e. The van der Waals surface area contributed by atoms with Crippen molar-refractivity contribution in [1.29, 1.82) is 0 Å². The van der Waals surface area contributed by atoms with Gasteiger partial charge in [-0.2, -0.15) is 0 Å². The summed E-state index contributed by atoms with van der Waals surface area (Å²) in [5.41, 5.74) is 5.07. The van der Waals surface area contributed by atoms with Crippen molar-refractivity contribution in [2.45, 2.75) is 50.7 Å². The van der Waals surface area contributed by atoms with Crippen LogP contribution in [0.1, 0.15) is 32.6 Å². The van der Waals surface area contributed by atoms with Gasteiger partial charge in [-0.3, -0.25) is 9.59 Å². The summed E-state index contributed by atoms with van der Waals surface area (Å²) in [6.45, 7) is 1.70. The van der Waals surface area contributed by atoms with Crippen molar-refractivity contribution in [1.82, 2.24) is 10.2 Å². The Morgan fingerprint density at radius 2 is 2.11 bits per heavy atom. The van der Waals surface area contributed by atoms with E-state index < -0.39 is 17.8 Å². The molecular weight excluding hydrogens is 250 g/mol. The highest BCUT2D eigenvalue weighted by Gasteiger charge is 2.51. The molecule has 3 amide bonds. The molecule has 2 saturated heterocycles. The van der Waals surface area contributed by atoms with Crippen LogP contribution in [0.3, 0.4) is 0 Å². The largest absolute Gasteiger partial charge is 0.481 e. The lowest BCUT2D eigenvalue weighted by Gasteiger charge is -2.25. The molecular formula is C12H19N3O4. The smallest absolute Gasteiger partial charge is 0.318 e. The summed E-state index contributed by atoms with van der Waals surface area (Å²) < 4.78 is 0. The number of fused-ring (bicyclic) bond motifs is 2. The fourth-order valence-electron chi connectivity index (χ4n) is 3.21. The highest BCUT2D eigenvalue weighted by Crippen LogP contribution is 2.41. The molecule has 0 aromatic carbocycles. The van der Waals surface area contributed by atoms with Gasteiger partial charge in [0.05, 0.1) is 5.92 Å². The molecule has 2 rings (SSSR count). The number of carbonyl (C=O) groups excluding carboxylic acids is 2. The number of amides is 3. The first kappa shape index (κ1) is 13.6. The number of primary amides is 1. The number of carboxylic acids is 1. The predicted octanol–water partition coefficient (Wildman–Crippen LogP) is -0.103. The molecule has 4 unspecified atom stereocenters. The number of carboxylic acid groups (broad SMARTS) is 1. The Hall–Kier alpha value is -1.79. The maximum absolute atomic E-state index is 12.1. The number of nitrogens with two attached hydrogens (primary N) is 1. The quantitative estimate of drug-likeness (QED) is 0.661. The number of rotatable bonds is 4. The first-order chi connectivity index (χ1) is 8.90. The number of hydrogen-bond donors (Lipinski definition) is 3. The molecule has 7 nitrogen and oxygen atoms in total. The van der Waals surface area contributed by atoms with Crippen LogP contribution in [0.4, 0.5) is 4.79 Å². The van der Waals surface area contributed by atoms with E-state index in [0.717, 1.165) is 12.8 Å². The van der Waals surface area contributed by atoms with Gasteiger partial charge in [0.15, 0.2) is 0 Å². The van der Waals surface area contributed by atoms with E-state index in [-0.39, 0.29) is 30.6 Å². The van der Waals surface area contributed by atoms with Gasteiger partial charge >= 0.3 is 12.0 Å². The molecule has 0 aliphatic carbocycles. The van der Waals surface area contributed by atoms with Gasteiger partial charge in [0.25, 0.3) is 0 Å². The average molecular weight is 269 g/mol. The molecule has 106 valence electrons. The third-order valence-electron chi connectivity index (χ3n) is 3.97. The molecule has 4 N–H and O–H groups in total. The molecule has 2 aliphatic heterocycles. The fourth-order valence-corrected chi connectivity index (χ4v) is 3.21. The van der Waals surface area contributed by atoms with Crippen molar-refractivity contribution >= 4 is 17.9 Å². The van der Waals surface area contributed by atoms with Crippen molar-refractivity contribution in [3.8, 4) is 0 Å². The van der Waals surface area contributed by atoms with Crippen LogP contribution in [0, 0.1) is 5.92 Å². The van der Waals surface area contributed by atoms with Crippen LogP contribution in [-0.2, 0) is 9.59 Å². The van der Waals surface area contributed by atoms with Crippen LogP contribution in [0.15, 0.2) is 0 Å². The molecule has 2 heterocycles. The van der Waals surface area contributed by atoms with Gasteiger partial charge in [-0.25, -0.2) is 4.79 Å². The summed E-state index contributed by atoms with van der Waals surface area (Å²) in [6, 6.07) is -0.839. The van der Waals surface area contributed by atoms with Crippen molar-refractivity contribution in [3.63, 3.8) is 0 Å². The molecule has 0 aromatic rings. The van der Waals surface area contributed by atoms with Crippen LogP contribution >= 0.6 is 0 Å². The molecule has 19 heavy (non-hydrogen) atoms. The van der Waals surface area contributed by atoms with Gasteiger partial charge in [0.1, 0.15) is 0 Å². The fraction of sp³-hybridized carbons (Fsp3) is 0.750. The second-order valence-electron chi connectivity index (χ2n) is 5.41. The minimum Gasteiger partial charge on any atom is -0.481 e. The summed E-state index contributed by atoms with van der Waals surface area (Å²) in [5.74, 6) is -1.77. The van der Waals surface area contributed by atoms with E-state index in [1.807, 2.05) is 0 Å². The average Bonchev–Trinajstić information content (AvgIpc) is 2.84. The number of nitrogens with zero attached hydrogens (tertiary/aromatic N) is 1. The lowest BCUT2D eigenvalue weighted by atomic mass is 9.89. The van der Waals surface area contributed by atoms with Crippen molar-refractivity contribution < 1.29 is 19.5 Å². The van der Waals surface area contributed by atoms with Gasteiger partial charge in [0.2, 0.25) is 5.91 Å². The van der Waals surface area contributed by atoms with Gasteiger partial charge < -0.3 is 21.1 Å². The van der Waals surface area contributed by atoms with E-state index in [9.17, 15) is 14.4 Å². The highest BCUT2D eigenvalue weighted by molar-refractivity contribution is 5.80. The predicted molar refractivity (Wildman–Crippen MR) is 66.2 cm³/mol. The van der Waals surface area contributed by atoms with Gasteiger partial charge in [-0.15, -0.1) is 0 Å². The number of nitrogens with one attached hydrogen (secondary N) is 1. The molecule has 0 saturated carbocycles. The van der Waals surface area contributed by atoms with E-state index >= 15 is 0 Å². The monoisotopic (exact) mass is 269 g/mol. The Bertz CT molecular complexity index is 412. The lowest BCUT2D eigenvalue weighted by Crippen LogP contribution is -2.47. The summed E-state index contributed by atoms with van der Waals surface area (Å²) in [5, 5.41) is 11.8. The number of carbonyl (C=O) groups is 3. The summed E-state index contributed by atoms with van der Waals surface area (Å²) in [7, 11) is 0. The Labute approximate surface area is 111 Å². The van der Waals surface area contributed by atoms with Gasteiger partial charge in [-0.05, 0) is 26.2 Å². The Balaban J connectivity index is 1.97. The number of urea groups is 1. The van der Waals surface area contributed by atoms with Crippen molar-refractivity contribution in [2.24, 2.45) is 11.7 Å². The minimum absolute atomic E-state index is 0.00637. The molecule has 0 aromatic heterocycles. The van der Waals surface area contributed by atoms with E-state index in [4.69, 9.17) is 10.8 Å². The van der Waals surface area contributed by atoms with E-state index in [2.05, 4.69) is 5.32 Å². The van der Waals surface area contributed by atoms with Crippen molar-refractivity contribution in [2.75, 3.05) is 0 Å². The summed E-state index contributed by atoms with van der Waals surface area (Å²) >= 11 is 0. The highest BCUT2D eigenvalue weighted by atomic mass is 16.4. The first-order valence-corrected chi connectivity index (χ1v) is 6.50. The first-order valence-electron chi connectivity index (χ1n) is 6.50. The molecule has 4 atom stereocenters. The Morgan fingerprint density at radius 3 is 2.63 bits per heavy atom. The standard InChI is InChI=1S/C12H19N3O4/c1-6(4-10(13)16)14-12(19)15-7-2-3-9(15)8(5-7)11(17)18/h6-9H,2-5H2,1H3,(H2,13,16)(H,14,19)(H,17,18). The summed E-state index contributed by atoms with van der Waals surface area (Å²) in [4.78, 5) is 35.7. The van der Waals surface area contributed by atoms with Gasteiger partial charge in [-0.1, -0.05) is 0 Å². The SMILES string of the molecule is CC(CC(N)=O)NC(=O)N1C2CCC1C(C(=O)O)C2. The van der Waals surface area contributed by atoms with E-state index in [0.29, 0.717) is 6.42 Å². The topological polar surface area (TPSA) is 113 Å². The number of hydrogen-bond acceptors (Lipinski definition) is 3. The van der Waals surface area contributed by atoms with E-state index in [1.165, 1.54) is 0 Å². The Kier molecular flexibility index (Phi) is 3.64. The molecule has 2 bridgehead atoms. The van der Waals surface area contributed by atoms with Crippen molar-refractivity contribution in [3.05, 3.63) is 0 Å². The number of aliphatic carboxylic acids is 1. The Morgan fingerprint density at radius 1 is 1.42 bits per heavy atom. The zero-order valence-corrected chi connectivity index (χ0v) is 10.8. The molecule has 0 radical (unpaired) electrons. The summed E-state index contributed by atoms with van der Waals surface area (Å²) in [6.07, 6.45) is 2.19. The van der Waals surface area contributed by atoms with Crippen LogP contribution in [0.5, 0.6) is 0 Å². The zero-order chi connectivity index (χ0) is 14.2. The second-order valence-corrected chi connectivity index (χ2v) is 5.41. The lowest BCUT2D eigenvalue weighted by molar-refractivity contribution is -0.142. The molecule has 0 spiro atoms. The van der Waals surface area contributed by atoms with E-state index in [1.54, 1.807) is 11.8 Å². The molecule has 2 aliphatic rings. The van der Waals surface area contributed by atoms with Crippen LogP contribution < -0.4 is 11.1 Å². The van der Waals surface area contributed by atoms with Crippen LogP contribution in [0.2, 0.25) is 0 Å². The van der Waals surface area contributed by atoms with Gasteiger partial charge in [0, 0.05) is 24.5 Å². The molecule has 7 heteroatoms. The zero-order valence-electron chi connectivity index (χ0n) is 10.8. The maximum atomic E-state index is 12.1. The third kappa shape index (κ3) is 2.64. The normalized spacial score (nSPS) is 30.2. The minimum atomic E-state index is -0.838. The second kappa shape index (κ2) is 5.07. The van der Waals surface area contributed by atoms with Crippen LogP contribution in [0.25, 0.3) is 0 Å². The van der Waals surface area contributed by atoms with Crippen LogP contribution in [-0.4, -0.2) is 46.0 Å². The molecule has 2 fully saturated rings. The third-order valence-corrected chi connectivity index (χ3v) is 3.97.